The van der Waals surface area contributed by atoms with Gasteiger partial charge in [-0.3, -0.25) is 0 Å². The Balaban J connectivity index is 2.21. The predicted molar refractivity (Wildman–Crippen MR) is 68.7 cm³/mol. The van der Waals surface area contributed by atoms with E-state index in [9.17, 15) is 9.50 Å². The highest BCUT2D eigenvalue weighted by molar-refractivity contribution is 7.09. The molecule has 0 fully saturated rings. The Bertz CT molecular complexity index is 484. The fourth-order valence-electron chi connectivity index (χ4n) is 1.77. The molecule has 17 heavy (non-hydrogen) atoms. The van der Waals surface area contributed by atoms with Crippen molar-refractivity contribution in [3.63, 3.8) is 0 Å². The van der Waals surface area contributed by atoms with E-state index in [1.807, 2.05) is 23.4 Å². The highest BCUT2D eigenvalue weighted by Crippen LogP contribution is 2.23. The van der Waals surface area contributed by atoms with Crippen LogP contribution in [0.25, 0.3) is 0 Å². The van der Waals surface area contributed by atoms with Crippen LogP contribution in [0.1, 0.15) is 10.4 Å². The van der Waals surface area contributed by atoms with Gasteiger partial charge in [-0.05, 0) is 29.6 Å². The molecule has 1 heterocycles. The molecule has 2 nitrogen and oxygen atoms in total. The summed E-state index contributed by atoms with van der Waals surface area (Å²) in [6.07, 6.45) is 0. The first kappa shape index (κ1) is 12.1. The van der Waals surface area contributed by atoms with Gasteiger partial charge in [-0.1, -0.05) is 6.07 Å². The second-order valence-corrected chi connectivity index (χ2v) is 4.90. The first-order valence-electron chi connectivity index (χ1n) is 5.33. The van der Waals surface area contributed by atoms with Crippen molar-refractivity contribution in [1.82, 2.24) is 0 Å². The Morgan fingerprint density at radius 1 is 1.35 bits per heavy atom. The molecule has 1 N–H and O–H groups in total. The third-order valence-electron chi connectivity index (χ3n) is 2.60. The Labute approximate surface area is 104 Å². The number of hydrogen-bond acceptors (Lipinski definition) is 3. The second kappa shape index (κ2) is 5.29. The van der Waals surface area contributed by atoms with Crippen molar-refractivity contribution in [2.45, 2.75) is 13.2 Å². The molecule has 0 spiro atoms. The molecule has 0 saturated heterocycles. The van der Waals surface area contributed by atoms with Crippen LogP contribution in [-0.2, 0) is 13.2 Å². The largest absolute Gasteiger partial charge is 0.392 e. The van der Waals surface area contributed by atoms with E-state index in [2.05, 4.69) is 6.07 Å². The highest BCUT2D eigenvalue weighted by Gasteiger charge is 2.09. The van der Waals surface area contributed by atoms with Crippen molar-refractivity contribution in [3.8, 4) is 0 Å². The van der Waals surface area contributed by atoms with E-state index in [0.717, 1.165) is 12.2 Å². The Kier molecular flexibility index (Phi) is 3.76. The molecular formula is C13H14FNOS. The van der Waals surface area contributed by atoms with Crippen molar-refractivity contribution < 1.29 is 9.50 Å². The lowest BCUT2D eigenvalue weighted by Crippen LogP contribution is -2.17. The van der Waals surface area contributed by atoms with E-state index in [-0.39, 0.29) is 12.4 Å². The minimum absolute atomic E-state index is 0.151. The van der Waals surface area contributed by atoms with E-state index in [4.69, 9.17) is 0 Å². The van der Waals surface area contributed by atoms with Crippen LogP contribution in [0.15, 0.2) is 35.7 Å². The van der Waals surface area contributed by atoms with Crippen molar-refractivity contribution in [2.75, 3.05) is 11.9 Å². The lowest BCUT2D eigenvalue weighted by molar-refractivity contribution is 0.281. The molecule has 2 aromatic rings. The summed E-state index contributed by atoms with van der Waals surface area (Å²) in [6, 6.07) is 8.56. The zero-order chi connectivity index (χ0) is 12.3. The quantitative estimate of drug-likeness (QED) is 0.903. The minimum Gasteiger partial charge on any atom is -0.392 e. The van der Waals surface area contributed by atoms with Crippen LogP contribution < -0.4 is 4.90 Å². The zero-order valence-electron chi connectivity index (χ0n) is 9.56. The molecule has 0 saturated carbocycles. The molecule has 0 radical (unpaired) electrons. The standard InChI is InChI=1S/C13H14FNOS/c1-15(8-12-3-2-6-17-12)13-5-4-11(14)7-10(13)9-16/h2-7,16H,8-9H2,1H3. The van der Waals surface area contributed by atoms with Crippen LogP contribution in [0.4, 0.5) is 10.1 Å². The molecule has 90 valence electrons. The van der Waals surface area contributed by atoms with Crippen LogP contribution in [-0.4, -0.2) is 12.2 Å². The van der Waals surface area contributed by atoms with Gasteiger partial charge in [-0.2, -0.15) is 0 Å². The number of benzene rings is 1. The van der Waals surface area contributed by atoms with Crippen molar-refractivity contribution >= 4 is 17.0 Å². The van der Waals surface area contributed by atoms with Crippen LogP contribution >= 0.6 is 11.3 Å². The fraction of sp³-hybridized carbons (Fsp3) is 0.231. The number of aliphatic hydroxyl groups is 1. The lowest BCUT2D eigenvalue weighted by atomic mass is 10.1. The number of rotatable bonds is 4. The number of thiophene rings is 1. The van der Waals surface area contributed by atoms with Gasteiger partial charge < -0.3 is 10.0 Å². The number of anilines is 1. The number of hydrogen-bond donors (Lipinski definition) is 1. The van der Waals surface area contributed by atoms with Gasteiger partial charge >= 0.3 is 0 Å². The van der Waals surface area contributed by atoms with E-state index in [1.54, 1.807) is 17.4 Å². The van der Waals surface area contributed by atoms with Gasteiger partial charge in [0.05, 0.1) is 13.2 Å². The fourth-order valence-corrected chi connectivity index (χ4v) is 2.53. The third kappa shape index (κ3) is 2.84. The molecule has 2 rings (SSSR count). The summed E-state index contributed by atoms with van der Waals surface area (Å²) in [6.45, 7) is 0.609. The normalized spacial score (nSPS) is 10.5. The molecule has 0 amide bonds. The third-order valence-corrected chi connectivity index (χ3v) is 3.46. The summed E-state index contributed by atoms with van der Waals surface area (Å²) in [4.78, 5) is 3.25. The van der Waals surface area contributed by atoms with Gasteiger partial charge in [0.1, 0.15) is 5.82 Å². The number of aliphatic hydroxyl groups excluding tert-OH is 1. The van der Waals surface area contributed by atoms with Crippen LogP contribution in [0.3, 0.4) is 0 Å². The minimum atomic E-state index is -0.317. The molecule has 0 aliphatic carbocycles. The van der Waals surface area contributed by atoms with Gasteiger partial charge in [-0.15, -0.1) is 11.3 Å². The smallest absolute Gasteiger partial charge is 0.123 e. The molecule has 1 aromatic carbocycles. The first-order valence-corrected chi connectivity index (χ1v) is 6.21. The van der Waals surface area contributed by atoms with Crippen LogP contribution in [0.2, 0.25) is 0 Å². The molecule has 0 aliphatic rings. The zero-order valence-corrected chi connectivity index (χ0v) is 10.4. The van der Waals surface area contributed by atoms with E-state index in [1.165, 1.54) is 17.0 Å². The lowest BCUT2D eigenvalue weighted by Gasteiger charge is -2.21. The van der Waals surface area contributed by atoms with Crippen LogP contribution in [0.5, 0.6) is 0 Å². The average molecular weight is 251 g/mol. The van der Waals surface area contributed by atoms with Gasteiger partial charge in [0, 0.05) is 23.2 Å². The Hall–Kier alpha value is -1.39. The summed E-state index contributed by atoms with van der Waals surface area (Å²) in [5, 5.41) is 11.3. The van der Waals surface area contributed by atoms with E-state index in [0.29, 0.717) is 5.56 Å². The maximum absolute atomic E-state index is 13.0. The summed E-state index contributed by atoms with van der Waals surface area (Å²) in [7, 11) is 1.94. The SMILES string of the molecule is CN(Cc1cccs1)c1ccc(F)cc1CO. The molecule has 4 heteroatoms. The molecular weight excluding hydrogens is 237 g/mol. The van der Waals surface area contributed by atoms with Gasteiger partial charge in [0.25, 0.3) is 0 Å². The summed E-state index contributed by atoms with van der Waals surface area (Å²) >= 11 is 1.68. The van der Waals surface area contributed by atoms with Crippen LogP contribution in [0, 0.1) is 5.82 Å². The van der Waals surface area contributed by atoms with E-state index < -0.39 is 0 Å². The molecule has 0 atom stereocenters. The van der Waals surface area contributed by atoms with E-state index >= 15 is 0 Å². The Morgan fingerprint density at radius 2 is 2.18 bits per heavy atom. The highest BCUT2D eigenvalue weighted by atomic mass is 32.1. The van der Waals surface area contributed by atoms with Crippen molar-refractivity contribution in [1.29, 1.82) is 0 Å². The number of nitrogens with zero attached hydrogens (tertiary/aromatic N) is 1. The summed E-state index contributed by atoms with van der Waals surface area (Å²) in [5.41, 5.74) is 1.48. The van der Waals surface area contributed by atoms with Gasteiger partial charge in [-0.25, -0.2) is 4.39 Å². The second-order valence-electron chi connectivity index (χ2n) is 3.87. The van der Waals surface area contributed by atoms with Crippen molar-refractivity contribution in [2.24, 2.45) is 0 Å². The number of halogens is 1. The predicted octanol–water partition coefficient (Wildman–Crippen LogP) is 3.02. The first-order chi connectivity index (χ1) is 8.20. The summed E-state index contributed by atoms with van der Waals surface area (Å²) < 4.78 is 13.0. The summed E-state index contributed by atoms with van der Waals surface area (Å²) in [5.74, 6) is -0.317. The van der Waals surface area contributed by atoms with Gasteiger partial charge in [0.15, 0.2) is 0 Å². The molecule has 0 bridgehead atoms. The maximum Gasteiger partial charge on any atom is 0.123 e. The average Bonchev–Trinajstić information content (AvgIpc) is 2.81. The molecule has 1 aromatic heterocycles. The van der Waals surface area contributed by atoms with Gasteiger partial charge in [0.2, 0.25) is 0 Å². The Morgan fingerprint density at radius 3 is 2.82 bits per heavy atom. The molecule has 0 aliphatic heterocycles. The maximum atomic E-state index is 13.0. The monoisotopic (exact) mass is 251 g/mol. The molecule has 0 unspecified atom stereocenters. The topological polar surface area (TPSA) is 23.5 Å². The van der Waals surface area contributed by atoms with Crippen molar-refractivity contribution in [3.05, 3.63) is 52.0 Å².